The second kappa shape index (κ2) is 7.59. The van der Waals surface area contributed by atoms with Crippen LogP contribution in [0.1, 0.15) is 17.1 Å². The van der Waals surface area contributed by atoms with E-state index in [1.807, 2.05) is 25.1 Å². The number of anilines is 2. The van der Waals surface area contributed by atoms with Crippen LogP contribution in [0, 0.1) is 12.7 Å². The largest absolute Gasteiger partial charge is 0.467 e. The first-order chi connectivity index (χ1) is 11.7. The number of hydrogen-bond acceptors (Lipinski definition) is 5. The first-order valence-corrected chi connectivity index (χ1v) is 7.79. The summed E-state index contributed by atoms with van der Waals surface area (Å²) in [6.07, 6.45) is 2.43. The van der Waals surface area contributed by atoms with E-state index in [1.54, 1.807) is 18.4 Å². The van der Waals surface area contributed by atoms with Crippen molar-refractivity contribution in [2.45, 2.75) is 19.9 Å². The van der Waals surface area contributed by atoms with Gasteiger partial charge in [0.05, 0.1) is 12.8 Å². The lowest BCUT2D eigenvalue weighted by Gasteiger charge is -2.09. The van der Waals surface area contributed by atoms with Gasteiger partial charge in [-0.1, -0.05) is 12.1 Å². The van der Waals surface area contributed by atoms with E-state index in [1.165, 1.54) is 12.1 Å². The van der Waals surface area contributed by atoms with Crippen LogP contribution < -0.4 is 10.6 Å². The third-order valence-corrected chi connectivity index (χ3v) is 3.49. The van der Waals surface area contributed by atoms with Crippen molar-refractivity contribution in [3.05, 3.63) is 71.7 Å². The van der Waals surface area contributed by atoms with Crippen molar-refractivity contribution in [2.75, 3.05) is 17.2 Å². The normalized spacial score (nSPS) is 10.6. The Hall–Kier alpha value is -2.89. The van der Waals surface area contributed by atoms with E-state index in [0.29, 0.717) is 18.9 Å². The molecule has 0 saturated heterocycles. The van der Waals surface area contributed by atoms with E-state index >= 15 is 0 Å². The molecule has 0 aliphatic rings. The Bertz CT molecular complexity index is 772. The predicted octanol–water partition coefficient (Wildman–Crippen LogP) is 3.78. The minimum Gasteiger partial charge on any atom is -0.467 e. The minimum atomic E-state index is -0.217. The highest BCUT2D eigenvalue weighted by atomic mass is 19.1. The highest BCUT2D eigenvalue weighted by Gasteiger charge is 2.03. The van der Waals surface area contributed by atoms with Gasteiger partial charge in [-0.25, -0.2) is 14.4 Å². The van der Waals surface area contributed by atoms with Gasteiger partial charge in [0.25, 0.3) is 0 Å². The van der Waals surface area contributed by atoms with Crippen LogP contribution in [0.4, 0.5) is 16.0 Å². The van der Waals surface area contributed by atoms with Crippen molar-refractivity contribution in [2.24, 2.45) is 0 Å². The van der Waals surface area contributed by atoms with E-state index in [2.05, 4.69) is 20.6 Å². The number of aryl methyl sites for hydroxylation is 1. The number of benzene rings is 1. The summed E-state index contributed by atoms with van der Waals surface area (Å²) in [5.74, 6) is 2.81. The number of halogens is 1. The van der Waals surface area contributed by atoms with E-state index in [4.69, 9.17) is 4.42 Å². The Morgan fingerprint density at radius 1 is 1.04 bits per heavy atom. The van der Waals surface area contributed by atoms with Crippen LogP contribution in [-0.4, -0.2) is 16.5 Å². The van der Waals surface area contributed by atoms with Crippen molar-refractivity contribution >= 4 is 11.6 Å². The maximum absolute atomic E-state index is 12.9. The third-order valence-electron chi connectivity index (χ3n) is 3.49. The zero-order valence-corrected chi connectivity index (χ0v) is 13.4. The van der Waals surface area contributed by atoms with Gasteiger partial charge in [0.1, 0.15) is 29.0 Å². The van der Waals surface area contributed by atoms with Crippen LogP contribution in [0.3, 0.4) is 0 Å². The standard InChI is InChI=1S/C18H19FN4O/c1-13-22-17(20-9-8-14-4-6-15(19)7-5-14)11-18(23-13)21-12-16-3-2-10-24-16/h2-7,10-11H,8-9,12H2,1H3,(H2,20,21,22,23). The fraction of sp³-hybridized carbons (Fsp3) is 0.222. The predicted molar refractivity (Wildman–Crippen MR) is 91.4 cm³/mol. The van der Waals surface area contributed by atoms with Crippen LogP contribution in [0.25, 0.3) is 0 Å². The van der Waals surface area contributed by atoms with Crippen molar-refractivity contribution in [1.82, 2.24) is 9.97 Å². The maximum Gasteiger partial charge on any atom is 0.132 e. The van der Waals surface area contributed by atoms with Crippen LogP contribution in [-0.2, 0) is 13.0 Å². The molecule has 124 valence electrons. The summed E-state index contributed by atoms with van der Waals surface area (Å²) < 4.78 is 18.2. The molecular formula is C18H19FN4O. The average Bonchev–Trinajstić information content (AvgIpc) is 3.08. The molecule has 0 unspecified atom stereocenters. The molecule has 0 bridgehead atoms. The fourth-order valence-electron chi connectivity index (χ4n) is 2.33. The molecule has 6 heteroatoms. The smallest absolute Gasteiger partial charge is 0.132 e. The highest BCUT2D eigenvalue weighted by molar-refractivity contribution is 5.47. The summed E-state index contributed by atoms with van der Waals surface area (Å²) in [5, 5.41) is 6.49. The second-order valence-electron chi connectivity index (χ2n) is 5.42. The molecule has 0 radical (unpaired) electrons. The number of nitrogens with one attached hydrogen (secondary N) is 2. The average molecular weight is 326 g/mol. The molecule has 0 spiro atoms. The second-order valence-corrected chi connectivity index (χ2v) is 5.42. The van der Waals surface area contributed by atoms with E-state index in [-0.39, 0.29) is 5.82 Å². The molecule has 5 nitrogen and oxygen atoms in total. The van der Waals surface area contributed by atoms with Crippen molar-refractivity contribution < 1.29 is 8.81 Å². The number of aromatic nitrogens is 2. The van der Waals surface area contributed by atoms with Gasteiger partial charge in [-0.05, 0) is 43.2 Å². The first kappa shape index (κ1) is 16.0. The number of hydrogen-bond donors (Lipinski definition) is 2. The lowest BCUT2D eigenvalue weighted by Crippen LogP contribution is -2.09. The molecule has 0 aliphatic heterocycles. The van der Waals surface area contributed by atoms with E-state index < -0.39 is 0 Å². The Morgan fingerprint density at radius 2 is 1.79 bits per heavy atom. The first-order valence-electron chi connectivity index (χ1n) is 7.79. The van der Waals surface area contributed by atoms with Crippen LogP contribution in [0.2, 0.25) is 0 Å². The Balaban J connectivity index is 1.55. The van der Waals surface area contributed by atoms with Crippen molar-refractivity contribution in [1.29, 1.82) is 0 Å². The molecule has 2 N–H and O–H groups in total. The molecule has 0 fully saturated rings. The third kappa shape index (κ3) is 4.55. The van der Waals surface area contributed by atoms with E-state index in [0.717, 1.165) is 29.4 Å². The van der Waals surface area contributed by atoms with E-state index in [9.17, 15) is 4.39 Å². The van der Waals surface area contributed by atoms with Gasteiger partial charge in [-0.15, -0.1) is 0 Å². The summed E-state index contributed by atoms with van der Waals surface area (Å²) in [5.41, 5.74) is 1.07. The topological polar surface area (TPSA) is 63.0 Å². The lowest BCUT2D eigenvalue weighted by atomic mass is 10.1. The molecule has 3 aromatic rings. The SMILES string of the molecule is Cc1nc(NCCc2ccc(F)cc2)cc(NCc2ccco2)n1. The van der Waals surface area contributed by atoms with Crippen LogP contribution in [0.5, 0.6) is 0 Å². The monoisotopic (exact) mass is 326 g/mol. The van der Waals surface area contributed by atoms with Gasteiger partial charge in [-0.3, -0.25) is 0 Å². The zero-order chi connectivity index (χ0) is 16.8. The summed E-state index contributed by atoms with van der Waals surface area (Å²) in [4.78, 5) is 8.74. The molecule has 0 aliphatic carbocycles. The molecule has 24 heavy (non-hydrogen) atoms. The summed E-state index contributed by atoms with van der Waals surface area (Å²) in [6, 6.07) is 12.1. The molecule has 0 amide bonds. The Labute approximate surface area is 140 Å². The Morgan fingerprint density at radius 3 is 2.50 bits per heavy atom. The number of nitrogens with zero attached hydrogens (tertiary/aromatic N) is 2. The number of rotatable bonds is 7. The van der Waals surface area contributed by atoms with Gasteiger partial charge in [0.15, 0.2) is 0 Å². The molecule has 3 rings (SSSR count). The summed E-state index contributed by atoms with van der Waals surface area (Å²) in [6.45, 7) is 3.13. The molecular weight excluding hydrogens is 307 g/mol. The zero-order valence-electron chi connectivity index (χ0n) is 13.4. The minimum absolute atomic E-state index is 0.217. The van der Waals surface area contributed by atoms with Crippen molar-refractivity contribution in [3.8, 4) is 0 Å². The maximum atomic E-state index is 12.9. The Kier molecular flexibility index (Phi) is 5.05. The highest BCUT2D eigenvalue weighted by Crippen LogP contribution is 2.13. The van der Waals surface area contributed by atoms with Crippen molar-refractivity contribution in [3.63, 3.8) is 0 Å². The lowest BCUT2D eigenvalue weighted by molar-refractivity contribution is 0.518. The molecule has 2 aromatic heterocycles. The molecule has 2 heterocycles. The van der Waals surface area contributed by atoms with Gasteiger partial charge in [0, 0.05) is 12.6 Å². The molecule has 1 aromatic carbocycles. The summed E-state index contributed by atoms with van der Waals surface area (Å²) in [7, 11) is 0. The van der Waals surface area contributed by atoms with Gasteiger partial charge in [0.2, 0.25) is 0 Å². The molecule has 0 atom stereocenters. The summed E-state index contributed by atoms with van der Waals surface area (Å²) >= 11 is 0. The van der Waals surface area contributed by atoms with Gasteiger partial charge in [-0.2, -0.15) is 0 Å². The van der Waals surface area contributed by atoms with Crippen LogP contribution >= 0.6 is 0 Å². The van der Waals surface area contributed by atoms with Gasteiger partial charge >= 0.3 is 0 Å². The fourth-order valence-corrected chi connectivity index (χ4v) is 2.33. The number of furan rings is 1. The molecule has 0 saturated carbocycles. The van der Waals surface area contributed by atoms with Gasteiger partial charge < -0.3 is 15.1 Å². The van der Waals surface area contributed by atoms with Crippen LogP contribution in [0.15, 0.2) is 53.1 Å². The quantitative estimate of drug-likeness (QED) is 0.692.